The number of ether oxygens (including phenoxy) is 3. The molecule has 1 N–H and O–H groups in total. The number of anilines is 1. The van der Waals surface area contributed by atoms with Crippen LogP contribution in [0.15, 0.2) is 53.9 Å². The number of thiazole rings is 1. The lowest BCUT2D eigenvalue weighted by atomic mass is 10.2. The average Bonchev–Trinajstić information content (AvgIpc) is 3.20. The second kappa shape index (κ2) is 9.75. The number of nitrogens with one attached hydrogen (secondary N) is 1. The molecule has 1 heterocycles. The SMILES string of the molecule is COc1ccc(OCCCC(=O)Nc2nc(-c3cccc(OC)c3)cs2)cc1. The van der Waals surface area contributed by atoms with Gasteiger partial charge >= 0.3 is 0 Å². The van der Waals surface area contributed by atoms with E-state index in [-0.39, 0.29) is 5.91 Å². The Hall–Kier alpha value is -3.06. The van der Waals surface area contributed by atoms with Gasteiger partial charge < -0.3 is 19.5 Å². The molecule has 1 amide bonds. The molecule has 0 atom stereocenters. The van der Waals surface area contributed by atoms with E-state index in [0.29, 0.717) is 24.6 Å². The second-order valence-electron chi connectivity index (χ2n) is 5.95. The molecule has 0 aliphatic rings. The highest BCUT2D eigenvalue weighted by molar-refractivity contribution is 7.14. The highest BCUT2D eigenvalue weighted by atomic mass is 32.1. The Morgan fingerprint density at radius 2 is 1.79 bits per heavy atom. The zero-order valence-corrected chi connectivity index (χ0v) is 16.6. The van der Waals surface area contributed by atoms with Crippen molar-refractivity contribution in [3.05, 3.63) is 53.9 Å². The maximum absolute atomic E-state index is 12.1. The molecule has 0 saturated heterocycles. The van der Waals surface area contributed by atoms with Gasteiger partial charge in [-0.1, -0.05) is 12.1 Å². The van der Waals surface area contributed by atoms with Crippen LogP contribution in [0.25, 0.3) is 11.3 Å². The Balaban J connectivity index is 1.44. The highest BCUT2D eigenvalue weighted by Gasteiger charge is 2.09. The van der Waals surface area contributed by atoms with Crippen molar-refractivity contribution in [2.75, 3.05) is 26.1 Å². The lowest BCUT2D eigenvalue weighted by Crippen LogP contribution is -2.12. The molecule has 0 fully saturated rings. The molecule has 0 aliphatic heterocycles. The zero-order valence-electron chi connectivity index (χ0n) is 15.8. The number of amides is 1. The lowest BCUT2D eigenvalue weighted by Gasteiger charge is -2.07. The van der Waals surface area contributed by atoms with Gasteiger partial charge in [-0.2, -0.15) is 0 Å². The number of aromatic nitrogens is 1. The maximum Gasteiger partial charge on any atom is 0.226 e. The minimum Gasteiger partial charge on any atom is -0.497 e. The van der Waals surface area contributed by atoms with Gasteiger partial charge in [0.2, 0.25) is 5.91 Å². The molecule has 0 unspecified atom stereocenters. The van der Waals surface area contributed by atoms with Crippen LogP contribution in [-0.2, 0) is 4.79 Å². The standard InChI is InChI=1S/C21H22N2O4S/c1-25-16-8-10-17(11-9-16)27-12-4-7-20(24)23-21-22-19(14-28-21)15-5-3-6-18(13-15)26-2/h3,5-6,8-11,13-14H,4,7,12H2,1-2H3,(H,22,23,24). The van der Waals surface area contributed by atoms with Crippen LogP contribution in [0, 0.1) is 0 Å². The van der Waals surface area contributed by atoms with Gasteiger partial charge in [0.1, 0.15) is 17.2 Å². The van der Waals surface area contributed by atoms with E-state index in [0.717, 1.165) is 28.5 Å². The first kappa shape index (κ1) is 19.7. The van der Waals surface area contributed by atoms with E-state index >= 15 is 0 Å². The van der Waals surface area contributed by atoms with Gasteiger partial charge in [0, 0.05) is 17.4 Å². The summed E-state index contributed by atoms with van der Waals surface area (Å²) in [5, 5.41) is 5.34. The molecule has 6 nitrogen and oxygen atoms in total. The Bertz CT molecular complexity index is 909. The van der Waals surface area contributed by atoms with Crippen LogP contribution in [0.5, 0.6) is 17.2 Å². The molecule has 0 aliphatic carbocycles. The first-order valence-electron chi connectivity index (χ1n) is 8.84. The molecule has 146 valence electrons. The number of nitrogens with zero attached hydrogens (tertiary/aromatic N) is 1. The average molecular weight is 398 g/mol. The van der Waals surface area contributed by atoms with Crippen molar-refractivity contribution in [1.29, 1.82) is 0 Å². The third kappa shape index (κ3) is 5.47. The molecular formula is C21H22N2O4S. The number of rotatable bonds is 9. The Kier molecular flexibility index (Phi) is 6.86. The van der Waals surface area contributed by atoms with E-state index in [2.05, 4.69) is 10.3 Å². The van der Waals surface area contributed by atoms with Crippen LogP contribution < -0.4 is 19.5 Å². The molecule has 7 heteroatoms. The van der Waals surface area contributed by atoms with Gasteiger partial charge in [-0.3, -0.25) is 4.79 Å². The van der Waals surface area contributed by atoms with Crippen molar-refractivity contribution >= 4 is 22.4 Å². The van der Waals surface area contributed by atoms with E-state index < -0.39 is 0 Å². The first-order chi connectivity index (χ1) is 13.7. The maximum atomic E-state index is 12.1. The summed E-state index contributed by atoms with van der Waals surface area (Å²) in [7, 11) is 3.25. The fourth-order valence-electron chi connectivity index (χ4n) is 2.52. The summed E-state index contributed by atoms with van der Waals surface area (Å²) in [6, 6.07) is 15.0. The Labute approximate surface area is 168 Å². The van der Waals surface area contributed by atoms with Crippen LogP contribution in [0.2, 0.25) is 0 Å². The number of hydrogen-bond acceptors (Lipinski definition) is 6. The van der Waals surface area contributed by atoms with Crippen molar-refractivity contribution in [3.63, 3.8) is 0 Å². The Morgan fingerprint density at radius 3 is 2.54 bits per heavy atom. The molecule has 3 rings (SSSR count). The summed E-state index contributed by atoms with van der Waals surface area (Å²) < 4.78 is 16.0. The number of methoxy groups -OCH3 is 2. The summed E-state index contributed by atoms with van der Waals surface area (Å²) >= 11 is 1.40. The molecule has 28 heavy (non-hydrogen) atoms. The van der Waals surface area contributed by atoms with Gasteiger partial charge in [0.05, 0.1) is 26.5 Å². The van der Waals surface area contributed by atoms with Gasteiger partial charge in [-0.05, 0) is 42.8 Å². The minimum absolute atomic E-state index is 0.0788. The molecule has 0 radical (unpaired) electrons. The lowest BCUT2D eigenvalue weighted by molar-refractivity contribution is -0.116. The summed E-state index contributed by atoms with van der Waals surface area (Å²) in [6.07, 6.45) is 0.982. The molecule has 0 spiro atoms. The third-order valence-corrected chi connectivity index (χ3v) is 4.75. The number of hydrogen-bond donors (Lipinski definition) is 1. The van der Waals surface area contributed by atoms with E-state index in [1.165, 1.54) is 11.3 Å². The normalized spacial score (nSPS) is 10.4. The minimum atomic E-state index is -0.0788. The Morgan fingerprint density at radius 1 is 1.04 bits per heavy atom. The second-order valence-corrected chi connectivity index (χ2v) is 6.80. The van der Waals surface area contributed by atoms with Crippen LogP contribution >= 0.6 is 11.3 Å². The largest absolute Gasteiger partial charge is 0.497 e. The van der Waals surface area contributed by atoms with Crippen LogP contribution in [0.1, 0.15) is 12.8 Å². The van der Waals surface area contributed by atoms with Crippen molar-refractivity contribution < 1.29 is 19.0 Å². The van der Waals surface area contributed by atoms with E-state index in [1.54, 1.807) is 14.2 Å². The summed E-state index contributed by atoms with van der Waals surface area (Å²) in [6.45, 7) is 0.465. The number of carbonyl (C=O) groups is 1. The highest BCUT2D eigenvalue weighted by Crippen LogP contribution is 2.27. The van der Waals surface area contributed by atoms with Crippen molar-refractivity contribution in [3.8, 4) is 28.5 Å². The van der Waals surface area contributed by atoms with Crippen LogP contribution in [0.4, 0.5) is 5.13 Å². The molecule has 3 aromatic rings. The predicted octanol–water partition coefficient (Wildman–Crippen LogP) is 4.63. The number of benzene rings is 2. The van der Waals surface area contributed by atoms with E-state index in [9.17, 15) is 4.79 Å². The van der Waals surface area contributed by atoms with Crippen LogP contribution in [-0.4, -0.2) is 31.7 Å². The number of carbonyl (C=O) groups excluding carboxylic acids is 1. The molecular weight excluding hydrogens is 376 g/mol. The van der Waals surface area contributed by atoms with Gasteiger partial charge in [-0.15, -0.1) is 11.3 Å². The van der Waals surface area contributed by atoms with Gasteiger partial charge in [-0.25, -0.2) is 4.98 Å². The molecule has 2 aromatic carbocycles. The fraction of sp³-hybridized carbons (Fsp3) is 0.238. The summed E-state index contributed by atoms with van der Waals surface area (Å²) in [4.78, 5) is 16.6. The zero-order chi connectivity index (χ0) is 19.8. The molecule has 0 saturated carbocycles. The fourth-order valence-corrected chi connectivity index (χ4v) is 3.26. The van der Waals surface area contributed by atoms with Crippen molar-refractivity contribution in [2.45, 2.75) is 12.8 Å². The first-order valence-corrected chi connectivity index (χ1v) is 9.72. The third-order valence-electron chi connectivity index (χ3n) is 3.99. The summed E-state index contributed by atoms with van der Waals surface area (Å²) in [5.41, 5.74) is 1.76. The van der Waals surface area contributed by atoms with E-state index in [1.807, 2.05) is 53.9 Å². The smallest absolute Gasteiger partial charge is 0.226 e. The molecule has 1 aromatic heterocycles. The quantitative estimate of drug-likeness (QED) is 0.533. The topological polar surface area (TPSA) is 69.7 Å². The molecule has 0 bridgehead atoms. The van der Waals surface area contributed by atoms with Gasteiger partial charge in [0.25, 0.3) is 0 Å². The van der Waals surface area contributed by atoms with Crippen molar-refractivity contribution in [1.82, 2.24) is 4.98 Å². The summed E-state index contributed by atoms with van der Waals surface area (Å²) in [5.74, 6) is 2.23. The van der Waals surface area contributed by atoms with Crippen molar-refractivity contribution in [2.24, 2.45) is 0 Å². The monoisotopic (exact) mass is 398 g/mol. The van der Waals surface area contributed by atoms with E-state index in [4.69, 9.17) is 14.2 Å². The van der Waals surface area contributed by atoms with Crippen LogP contribution in [0.3, 0.4) is 0 Å². The van der Waals surface area contributed by atoms with Gasteiger partial charge in [0.15, 0.2) is 5.13 Å². The predicted molar refractivity (Wildman–Crippen MR) is 110 cm³/mol.